The molecule has 108 valence electrons. The molecule has 0 bridgehead atoms. The number of ether oxygens (including phenoxy) is 1. The predicted molar refractivity (Wildman–Crippen MR) is 81.7 cm³/mol. The van der Waals surface area contributed by atoms with E-state index in [0.717, 1.165) is 5.56 Å². The third-order valence-electron chi connectivity index (χ3n) is 2.56. The number of primary amides is 1. The number of benzene rings is 1. The molecule has 1 aromatic carbocycles. The van der Waals surface area contributed by atoms with Crippen LogP contribution >= 0.6 is 11.3 Å². The Kier molecular flexibility index (Phi) is 4.84. The number of esters is 1. The van der Waals surface area contributed by atoms with Gasteiger partial charge in [-0.05, 0) is 13.0 Å². The highest BCUT2D eigenvalue weighted by Crippen LogP contribution is 2.28. The second-order valence-corrected chi connectivity index (χ2v) is 5.08. The number of nitrogens with two attached hydrogens (primary N) is 1. The molecular formula is C15H14N2O3S. The van der Waals surface area contributed by atoms with Gasteiger partial charge in [0.05, 0.1) is 11.5 Å². The normalized spacial score (nSPS) is 10.7. The Labute approximate surface area is 126 Å². The Morgan fingerprint density at radius 3 is 2.67 bits per heavy atom. The van der Waals surface area contributed by atoms with Gasteiger partial charge in [-0.1, -0.05) is 30.3 Å². The summed E-state index contributed by atoms with van der Waals surface area (Å²) >= 11 is 1.29. The van der Waals surface area contributed by atoms with Crippen molar-refractivity contribution in [3.05, 3.63) is 47.0 Å². The van der Waals surface area contributed by atoms with Gasteiger partial charge in [-0.25, -0.2) is 9.78 Å². The van der Waals surface area contributed by atoms with Crippen LogP contribution in [0.1, 0.15) is 22.3 Å². The molecule has 0 fully saturated rings. The average Bonchev–Trinajstić information content (AvgIpc) is 2.91. The number of thiazole rings is 1. The van der Waals surface area contributed by atoms with E-state index in [1.807, 2.05) is 30.3 Å². The molecule has 6 heteroatoms. The molecule has 2 aromatic rings. The van der Waals surface area contributed by atoms with E-state index in [1.165, 1.54) is 23.5 Å². The molecular weight excluding hydrogens is 288 g/mol. The summed E-state index contributed by atoms with van der Waals surface area (Å²) in [5.41, 5.74) is 6.37. The monoisotopic (exact) mass is 302 g/mol. The molecule has 0 unspecified atom stereocenters. The molecule has 0 radical (unpaired) electrons. The van der Waals surface area contributed by atoms with Crippen molar-refractivity contribution in [1.82, 2.24) is 4.98 Å². The highest BCUT2D eigenvalue weighted by Gasteiger charge is 2.15. The molecule has 21 heavy (non-hydrogen) atoms. The first kappa shape index (κ1) is 14.9. The van der Waals surface area contributed by atoms with Crippen LogP contribution in [-0.2, 0) is 9.53 Å². The summed E-state index contributed by atoms with van der Waals surface area (Å²) in [5.74, 6) is -1.10. The first-order valence-electron chi connectivity index (χ1n) is 6.32. The van der Waals surface area contributed by atoms with Crippen molar-refractivity contribution in [2.45, 2.75) is 6.92 Å². The Hall–Kier alpha value is -2.47. The zero-order valence-corrected chi connectivity index (χ0v) is 12.2. The van der Waals surface area contributed by atoms with Crippen molar-refractivity contribution in [3.8, 4) is 10.6 Å². The molecule has 1 heterocycles. The highest BCUT2D eigenvalue weighted by molar-refractivity contribution is 7.16. The third-order valence-corrected chi connectivity index (χ3v) is 3.63. The minimum atomic E-state index is -0.628. The smallest absolute Gasteiger partial charge is 0.330 e. The van der Waals surface area contributed by atoms with Crippen LogP contribution in [0.3, 0.4) is 0 Å². The van der Waals surface area contributed by atoms with Crippen molar-refractivity contribution < 1.29 is 14.3 Å². The van der Waals surface area contributed by atoms with E-state index in [1.54, 1.807) is 6.92 Å². The molecule has 0 saturated heterocycles. The number of rotatable bonds is 5. The van der Waals surface area contributed by atoms with E-state index in [0.29, 0.717) is 16.5 Å². The highest BCUT2D eigenvalue weighted by atomic mass is 32.1. The second-order valence-electron chi connectivity index (χ2n) is 4.05. The molecule has 0 saturated carbocycles. The fourth-order valence-corrected chi connectivity index (χ4v) is 2.64. The van der Waals surface area contributed by atoms with Crippen molar-refractivity contribution >= 4 is 29.3 Å². The van der Waals surface area contributed by atoms with Gasteiger partial charge in [-0.2, -0.15) is 0 Å². The van der Waals surface area contributed by atoms with Crippen LogP contribution in [0.25, 0.3) is 16.6 Å². The molecule has 2 rings (SSSR count). The van der Waals surface area contributed by atoms with Gasteiger partial charge in [-0.3, -0.25) is 4.79 Å². The Morgan fingerprint density at radius 1 is 1.33 bits per heavy atom. The number of hydrogen-bond acceptors (Lipinski definition) is 5. The summed E-state index contributed by atoms with van der Waals surface area (Å²) in [7, 11) is 0. The summed E-state index contributed by atoms with van der Waals surface area (Å²) in [4.78, 5) is 27.6. The molecule has 1 amide bonds. The van der Waals surface area contributed by atoms with E-state index < -0.39 is 11.9 Å². The van der Waals surface area contributed by atoms with Gasteiger partial charge in [0, 0.05) is 11.6 Å². The maximum atomic E-state index is 11.5. The Bertz CT molecular complexity index is 677. The Morgan fingerprint density at radius 2 is 2.05 bits per heavy atom. The molecule has 0 aliphatic heterocycles. The number of nitrogens with zero attached hydrogens (tertiary/aromatic N) is 1. The summed E-state index contributed by atoms with van der Waals surface area (Å²) in [6.07, 6.45) is 2.76. The van der Waals surface area contributed by atoms with E-state index in [4.69, 9.17) is 10.5 Å². The van der Waals surface area contributed by atoms with Gasteiger partial charge in [0.25, 0.3) is 5.91 Å². The lowest BCUT2D eigenvalue weighted by Crippen LogP contribution is -2.12. The predicted octanol–water partition coefficient (Wildman–Crippen LogP) is 2.49. The third kappa shape index (κ3) is 3.76. The van der Waals surface area contributed by atoms with Crippen LogP contribution in [0.15, 0.2) is 36.4 Å². The summed E-state index contributed by atoms with van der Waals surface area (Å²) in [6, 6.07) is 9.45. The molecule has 1 aromatic heterocycles. The largest absolute Gasteiger partial charge is 0.463 e. The molecule has 0 atom stereocenters. The first-order chi connectivity index (χ1) is 10.1. The fraction of sp³-hybridized carbons (Fsp3) is 0.133. The van der Waals surface area contributed by atoms with Gasteiger partial charge < -0.3 is 10.5 Å². The molecule has 0 aliphatic rings. The topological polar surface area (TPSA) is 82.3 Å². The fourth-order valence-electron chi connectivity index (χ4n) is 1.66. The average molecular weight is 302 g/mol. The van der Waals surface area contributed by atoms with E-state index in [9.17, 15) is 9.59 Å². The lowest BCUT2D eigenvalue weighted by atomic mass is 10.2. The second kappa shape index (κ2) is 6.81. The molecule has 0 aliphatic carbocycles. The zero-order valence-electron chi connectivity index (χ0n) is 11.4. The van der Waals surface area contributed by atoms with Crippen LogP contribution in [0.4, 0.5) is 0 Å². The maximum Gasteiger partial charge on any atom is 0.330 e. The van der Waals surface area contributed by atoms with Crippen LogP contribution in [0.2, 0.25) is 0 Å². The van der Waals surface area contributed by atoms with Crippen molar-refractivity contribution in [2.24, 2.45) is 5.73 Å². The molecule has 0 spiro atoms. The number of aromatic nitrogens is 1. The molecule has 5 nitrogen and oxygen atoms in total. The first-order valence-corrected chi connectivity index (χ1v) is 7.14. The van der Waals surface area contributed by atoms with Gasteiger partial charge in [0.15, 0.2) is 0 Å². The van der Waals surface area contributed by atoms with Crippen molar-refractivity contribution in [1.29, 1.82) is 0 Å². The number of hydrogen-bond donors (Lipinski definition) is 1. The van der Waals surface area contributed by atoms with Crippen LogP contribution in [0, 0.1) is 0 Å². The van der Waals surface area contributed by atoms with E-state index in [-0.39, 0.29) is 5.69 Å². The quantitative estimate of drug-likeness (QED) is 0.679. The van der Waals surface area contributed by atoms with Crippen LogP contribution in [0.5, 0.6) is 0 Å². The van der Waals surface area contributed by atoms with Gasteiger partial charge in [-0.15, -0.1) is 11.3 Å². The van der Waals surface area contributed by atoms with E-state index in [2.05, 4.69) is 4.98 Å². The Balaban J connectivity index is 2.35. The minimum Gasteiger partial charge on any atom is -0.463 e. The SMILES string of the molecule is CCOC(=O)/C=C/c1sc(-c2ccccc2)nc1C(N)=O. The number of carbonyl (C=O) groups is 2. The lowest BCUT2D eigenvalue weighted by Gasteiger charge is -1.94. The summed E-state index contributed by atoms with van der Waals surface area (Å²) in [5, 5.41) is 0.674. The maximum absolute atomic E-state index is 11.5. The van der Waals surface area contributed by atoms with E-state index >= 15 is 0 Å². The lowest BCUT2D eigenvalue weighted by molar-refractivity contribution is -0.137. The van der Waals surface area contributed by atoms with Crippen molar-refractivity contribution in [2.75, 3.05) is 6.61 Å². The van der Waals surface area contributed by atoms with Gasteiger partial charge in [0.2, 0.25) is 0 Å². The minimum absolute atomic E-state index is 0.152. The van der Waals surface area contributed by atoms with Crippen molar-refractivity contribution in [3.63, 3.8) is 0 Å². The standard InChI is InChI=1S/C15H14N2O3S/c1-2-20-12(18)9-8-11-13(14(16)19)17-15(21-11)10-6-4-3-5-7-10/h3-9H,2H2,1H3,(H2,16,19)/b9-8+. The van der Waals surface area contributed by atoms with Gasteiger partial charge in [0.1, 0.15) is 10.7 Å². The summed E-state index contributed by atoms with van der Waals surface area (Å²) < 4.78 is 4.80. The number of carbonyl (C=O) groups excluding carboxylic acids is 2. The molecule has 2 N–H and O–H groups in total. The van der Waals surface area contributed by atoms with Gasteiger partial charge >= 0.3 is 5.97 Å². The number of amides is 1. The summed E-state index contributed by atoms with van der Waals surface area (Å²) in [6.45, 7) is 2.02. The van der Waals surface area contributed by atoms with Crippen LogP contribution in [-0.4, -0.2) is 23.5 Å². The zero-order chi connectivity index (χ0) is 15.2. The van der Waals surface area contributed by atoms with Crippen LogP contribution < -0.4 is 5.73 Å².